The fraction of sp³-hybridized carbons (Fsp3) is 0.292. The number of benzene rings is 2. The van der Waals surface area contributed by atoms with E-state index in [1.54, 1.807) is 25.3 Å². The Morgan fingerprint density at radius 3 is 2.82 bits per heavy atom. The SMILES string of the molecule is COc1ccccc1Cc1coc(CNC(=O)[C@H](O)[C@@H](O)C(=O)N2CCc3cc(Cl)ccc32)n1. The third-order valence-electron chi connectivity index (χ3n) is 5.60. The first-order chi connectivity index (χ1) is 16.4. The van der Waals surface area contributed by atoms with Gasteiger partial charge in [-0.1, -0.05) is 29.8 Å². The number of hydrogen-bond donors (Lipinski definition) is 3. The van der Waals surface area contributed by atoms with Gasteiger partial charge < -0.3 is 29.6 Å². The number of oxazole rings is 1. The molecule has 1 aromatic heterocycles. The van der Waals surface area contributed by atoms with Crippen molar-refractivity contribution in [3.8, 4) is 5.75 Å². The number of ether oxygens (including phenoxy) is 1. The van der Waals surface area contributed by atoms with Crippen LogP contribution in [0.3, 0.4) is 0 Å². The molecule has 0 unspecified atom stereocenters. The molecule has 0 saturated heterocycles. The summed E-state index contributed by atoms with van der Waals surface area (Å²) in [5.74, 6) is -0.734. The van der Waals surface area contributed by atoms with Crippen molar-refractivity contribution >= 4 is 29.1 Å². The maximum Gasteiger partial charge on any atom is 0.259 e. The van der Waals surface area contributed by atoms with Crippen molar-refractivity contribution < 1.29 is 29.0 Å². The molecule has 0 spiro atoms. The Kier molecular flexibility index (Phi) is 7.16. The number of methoxy groups -OCH3 is 1. The van der Waals surface area contributed by atoms with E-state index in [2.05, 4.69) is 10.3 Å². The molecular formula is C24H24ClN3O6. The monoisotopic (exact) mass is 485 g/mol. The first kappa shape index (κ1) is 23.7. The summed E-state index contributed by atoms with van der Waals surface area (Å²) in [6, 6.07) is 12.6. The molecule has 2 aromatic carbocycles. The van der Waals surface area contributed by atoms with E-state index in [0.29, 0.717) is 35.8 Å². The van der Waals surface area contributed by atoms with Crippen molar-refractivity contribution in [1.29, 1.82) is 0 Å². The molecule has 10 heteroatoms. The van der Waals surface area contributed by atoms with Crippen LogP contribution in [0.5, 0.6) is 5.75 Å². The van der Waals surface area contributed by atoms with Crippen molar-refractivity contribution in [2.45, 2.75) is 31.6 Å². The highest BCUT2D eigenvalue weighted by atomic mass is 35.5. The summed E-state index contributed by atoms with van der Waals surface area (Å²) in [5.41, 5.74) is 3.03. The second kappa shape index (κ2) is 10.3. The number of para-hydroxylation sites is 1. The lowest BCUT2D eigenvalue weighted by Crippen LogP contribution is -2.50. The predicted molar refractivity (Wildman–Crippen MR) is 124 cm³/mol. The molecule has 0 saturated carbocycles. The Bertz CT molecular complexity index is 1200. The third-order valence-corrected chi connectivity index (χ3v) is 5.84. The van der Waals surface area contributed by atoms with Crippen LogP contribution in [0.25, 0.3) is 0 Å². The Morgan fingerprint density at radius 1 is 1.24 bits per heavy atom. The lowest BCUT2D eigenvalue weighted by molar-refractivity contribution is -0.144. The van der Waals surface area contributed by atoms with E-state index in [9.17, 15) is 19.8 Å². The molecule has 0 bridgehead atoms. The van der Waals surface area contributed by atoms with Crippen LogP contribution >= 0.6 is 11.6 Å². The molecule has 3 N–H and O–H groups in total. The van der Waals surface area contributed by atoms with Gasteiger partial charge in [-0.25, -0.2) is 4.98 Å². The molecule has 2 atom stereocenters. The number of halogens is 1. The van der Waals surface area contributed by atoms with Crippen molar-refractivity contribution in [1.82, 2.24) is 10.3 Å². The minimum Gasteiger partial charge on any atom is -0.496 e. The predicted octanol–water partition coefficient (Wildman–Crippen LogP) is 1.85. The molecule has 2 amide bonds. The van der Waals surface area contributed by atoms with Crippen molar-refractivity contribution in [2.24, 2.45) is 0 Å². The molecule has 34 heavy (non-hydrogen) atoms. The molecule has 1 aliphatic heterocycles. The topological polar surface area (TPSA) is 125 Å². The summed E-state index contributed by atoms with van der Waals surface area (Å²) in [6.45, 7) is 0.207. The number of nitrogens with zero attached hydrogens (tertiary/aromatic N) is 2. The second-order valence-corrected chi connectivity index (χ2v) is 8.28. The minimum absolute atomic E-state index is 0.117. The van der Waals surface area contributed by atoms with Gasteiger partial charge in [-0.05, 0) is 36.2 Å². The molecule has 9 nitrogen and oxygen atoms in total. The molecule has 4 rings (SSSR count). The van der Waals surface area contributed by atoms with Crippen LogP contribution in [0.2, 0.25) is 5.02 Å². The van der Waals surface area contributed by atoms with Gasteiger partial charge in [-0.3, -0.25) is 9.59 Å². The number of hydrogen-bond acceptors (Lipinski definition) is 7. The molecule has 0 aliphatic carbocycles. The van der Waals surface area contributed by atoms with E-state index in [4.69, 9.17) is 20.8 Å². The second-order valence-electron chi connectivity index (χ2n) is 7.84. The lowest BCUT2D eigenvalue weighted by atomic mass is 10.1. The van der Waals surface area contributed by atoms with Gasteiger partial charge >= 0.3 is 0 Å². The molecule has 0 fully saturated rings. The fourth-order valence-electron chi connectivity index (χ4n) is 3.86. The molecule has 2 heterocycles. The Labute approximate surface area is 200 Å². The number of amides is 2. The number of aromatic nitrogens is 1. The summed E-state index contributed by atoms with van der Waals surface area (Å²) in [5, 5.41) is 23.6. The standard InChI is InChI=1S/C24H24ClN3O6/c1-33-19-5-3-2-4-15(19)11-17-13-34-20(27-17)12-26-23(31)21(29)22(30)24(32)28-9-8-14-10-16(25)6-7-18(14)28/h2-7,10,13,21-22,29-30H,8-9,11-12H2,1H3,(H,26,31)/t21-,22-/m1/s1. The number of carbonyl (C=O) groups excluding carboxylic acids is 2. The van der Waals surface area contributed by atoms with Crippen LogP contribution in [0.15, 0.2) is 53.1 Å². The van der Waals surface area contributed by atoms with Crippen molar-refractivity contribution in [3.63, 3.8) is 0 Å². The number of nitrogens with one attached hydrogen (secondary N) is 1. The zero-order chi connectivity index (χ0) is 24.2. The maximum absolute atomic E-state index is 12.7. The van der Waals surface area contributed by atoms with E-state index in [1.165, 1.54) is 11.2 Å². The third kappa shape index (κ3) is 5.06. The minimum atomic E-state index is -1.95. The van der Waals surface area contributed by atoms with E-state index in [1.807, 2.05) is 24.3 Å². The van der Waals surface area contributed by atoms with Crippen molar-refractivity contribution in [3.05, 3.63) is 76.5 Å². The van der Waals surface area contributed by atoms with Gasteiger partial charge in [-0.2, -0.15) is 0 Å². The van der Waals surface area contributed by atoms with Gasteiger partial charge in [0.15, 0.2) is 12.2 Å². The normalized spacial score (nSPS) is 14.4. The number of aliphatic hydroxyl groups excluding tert-OH is 2. The zero-order valence-corrected chi connectivity index (χ0v) is 19.2. The molecule has 178 valence electrons. The van der Waals surface area contributed by atoms with Gasteiger partial charge in [0, 0.05) is 29.2 Å². The number of aliphatic hydroxyl groups is 2. The Balaban J connectivity index is 1.32. The number of anilines is 1. The quantitative estimate of drug-likeness (QED) is 0.444. The van der Waals surface area contributed by atoms with E-state index < -0.39 is 24.0 Å². The smallest absolute Gasteiger partial charge is 0.259 e. The molecular weight excluding hydrogens is 462 g/mol. The van der Waals surface area contributed by atoms with E-state index in [-0.39, 0.29) is 12.4 Å². The van der Waals surface area contributed by atoms with Gasteiger partial charge in [0.2, 0.25) is 5.89 Å². The average molecular weight is 486 g/mol. The summed E-state index contributed by atoms with van der Waals surface area (Å²) >= 11 is 5.98. The summed E-state index contributed by atoms with van der Waals surface area (Å²) in [4.78, 5) is 30.7. The van der Waals surface area contributed by atoms with Gasteiger partial charge in [-0.15, -0.1) is 0 Å². The first-order valence-electron chi connectivity index (χ1n) is 10.7. The van der Waals surface area contributed by atoms with Crippen LogP contribution < -0.4 is 15.0 Å². The average Bonchev–Trinajstić information content (AvgIpc) is 3.47. The Morgan fingerprint density at radius 2 is 2.03 bits per heavy atom. The van der Waals surface area contributed by atoms with E-state index in [0.717, 1.165) is 16.9 Å². The van der Waals surface area contributed by atoms with Gasteiger partial charge in [0.05, 0.1) is 19.3 Å². The largest absolute Gasteiger partial charge is 0.496 e. The van der Waals surface area contributed by atoms with Crippen LogP contribution in [0, 0.1) is 0 Å². The number of carbonyl (C=O) groups is 2. The van der Waals surface area contributed by atoms with Crippen LogP contribution in [0.4, 0.5) is 5.69 Å². The fourth-order valence-corrected chi connectivity index (χ4v) is 4.05. The summed E-state index contributed by atoms with van der Waals surface area (Å²) in [6.07, 6.45) is -1.36. The molecule has 3 aromatic rings. The highest BCUT2D eigenvalue weighted by Gasteiger charge is 2.36. The van der Waals surface area contributed by atoms with Crippen LogP contribution in [-0.4, -0.2) is 52.9 Å². The van der Waals surface area contributed by atoms with Crippen LogP contribution in [-0.2, 0) is 29.0 Å². The highest BCUT2D eigenvalue weighted by molar-refractivity contribution is 6.30. The van der Waals surface area contributed by atoms with Gasteiger partial charge in [0.1, 0.15) is 12.0 Å². The molecule has 1 aliphatic rings. The Hall–Kier alpha value is -3.40. The zero-order valence-electron chi connectivity index (χ0n) is 18.4. The van der Waals surface area contributed by atoms with Crippen molar-refractivity contribution in [2.75, 3.05) is 18.6 Å². The number of rotatable bonds is 8. The molecule has 0 radical (unpaired) electrons. The summed E-state index contributed by atoms with van der Waals surface area (Å²) < 4.78 is 10.7. The first-order valence-corrected chi connectivity index (χ1v) is 11.0. The van der Waals surface area contributed by atoms with Crippen LogP contribution in [0.1, 0.15) is 22.7 Å². The maximum atomic E-state index is 12.7. The highest BCUT2D eigenvalue weighted by Crippen LogP contribution is 2.31. The summed E-state index contributed by atoms with van der Waals surface area (Å²) in [7, 11) is 1.59. The van der Waals surface area contributed by atoms with Gasteiger partial charge in [0.25, 0.3) is 11.8 Å². The van der Waals surface area contributed by atoms with E-state index >= 15 is 0 Å². The number of fused-ring (bicyclic) bond motifs is 1. The lowest BCUT2D eigenvalue weighted by Gasteiger charge is -2.23.